The number of aliphatic carboxylic acids is 1. The smallest absolute Gasteiger partial charge is 0.323 e. The lowest BCUT2D eigenvalue weighted by atomic mass is 10.2. The van der Waals surface area contributed by atoms with Crippen molar-refractivity contribution in [1.29, 1.82) is 0 Å². The summed E-state index contributed by atoms with van der Waals surface area (Å²) < 4.78 is 0. The molecular formula is C11H11ClN2O3. The maximum absolute atomic E-state index is 12.1. The molecule has 2 rings (SSSR count). The van der Waals surface area contributed by atoms with Gasteiger partial charge in [-0.1, -0.05) is 11.6 Å². The van der Waals surface area contributed by atoms with Gasteiger partial charge >= 0.3 is 5.97 Å². The lowest BCUT2D eigenvalue weighted by molar-refractivity contribution is -0.137. The van der Waals surface area contributed by atoms with Crippen LogP contribution in [0.25, 0.3) is 0 Å². The summed E-state index contributed by atoms with van der Waals surface area (Å²) in [5.74, 6) is -1.31. The number of hydrogen-bond donors (Lipinski definition) is 1. The fraction of sp³-hybridized carbons (Fsp3) is 0.364. The summed E-state index contributed by atoms with van der Waals surface area (Å²) in [6, 6.07) is 3.12. The van der Waals surface area contributed by atoms with Gasteiger partial charge in [0.15, 0.2) is 0 Å². The van der Waals surface area contributed by atoms with E-state index in [1.807, 2.05) is 0 Å². The molecule has 1 saturated carbocycles. The highest BCUT2D eigenvalue weighted by atomic mass is 35.5. The van der Waals surface area contributed by atoms with Crippen LogP contribution in [0.15, 0.2) is 18.3 Å². The molecule has 0 radical (unpaired) electrons. The van der Waals surface area contributed by atoms with Crippen LogP contribution >= 0.6 is 11.6 Å². The largest absolute Gasteiger partial charge is 0.480 e. The monoisotopic (exact) mass is 254 g/mol. The number of hydrogen-bond acceptors (Lipinski definition) is 3. The van der Waals surface area contributed by atoms with Crippen molar-refractivity contribution < 1.29 is 14.7 Å². The third kappa shape index (κ3) is 2.94. The molecule has 1 aromatic heterocycles. The van der Waals surface area contributed by atoms with E-state index in [0.29, 0.717) is 10.7 Å². The Balaban J connectivity index is 2.15. The first-order valence-electron chi connectivity index (χ1n) is 5.22. The third-order valence-corrected chi connectivity index (χ3v) is 2.75. The number of rotatable bonds is 4. The molecule has 1 heterocycles. The van der Waals surface area contributed by atoms with Crippen molar-refractivity contribution in [3.8, 4) is 0 Å². The van der Waals surface area contributed by atoms with Crippen LogP contribution in [0.1, 0.15) is 23.2 Å². The minimum atomic E-state index is -1.01. The standard InChI is InChI=1S/C11H11ClN2O3/c12-9-4-1-7(5-13-9)11(17)14(6-10(15)16)8-2-3-8/h1,4-5,8H,2-3,6H2,(H,15,16). The fourth-order valence-electron chi connectivity index (χ4n) is 1.57. The number of carbonyl (C=O) groups excluding carboxylic acids is 1. The number of nitrogens with zero attached hydrogens (tertiary/aromatic N) is 2. The van der Waals surface area contributed by atoms with Gasteiger partial charge in [0.1, 0.15) is 11.7 Å². The first-order valence-corrected chi connectivity index (χ1v) is 5.60. The van der Waals surface area contributed by atoms with Crippen molar-refractivity contribution in [2.24, 2.45) is 0 Å². The minimum absolute atomic E-state index is 0.0503. The topological polar surface area (TPSA) is 70.5 Å². The van der Waals surface area contributed by atoms with Crippen LogP contribution in [0.5, 0.6) is 0 Å². The van der Waals surface area contributed by atoms with Crippen LogP contribution < -0.4 is 0 Å². The number of pyridine rings is 1. The van der Waals surface area contributed by atoms with Gasteiger partial charge in [-0.2, -0.15) is 0 Å². The molecule has 5 nitrogen and oxygen atoms in total. The molecule has 0 unspecified atom stereocenters. The molecule has 0 saturated heterocycles. The predicted octanol–water partition coefficient (Wildman–Crippen LogP) is 1.42. The summed E-state index contributed by atoms with van der Waals surface area (Å²) in [6.45, 7) is -0.272. The molecule has 6 heteroatoms. The summed E-state index contributed by atoms with van der Waals surface area (Å²) in [5, 5.41) is 9.07. The van der Waals surface area contributed by atoms with Gasteiger partial charge in [-0.05, 0) is 25.0 Å². The van der Waals surface area contributed by atoms with Gasteiger partial charge in [0.05, 0.1) is 5.56 Å². The van der Waals surface area contributed by atoms with Gasteiger partial charge < -0.3 is 10.0 Å². The Labute approximate surface area is 103 Å². The molecule has 1 N–H and O–H groups in total. The zero-order chi connectivity index (χ0) is 12.4. The highest BCUT2D eigenvalue weighted by molar-refractivity contribution is 6.29. The Bertz CT molecular complexity index is 443. The van der Waals surface area contributed by atoms with Gasteiger partial charge in [-0.3, -0.25) is 9.59 Å². The second kappa shape index (κ2) is 4.71. The van der Waals surface area contributed by atoms with Crippen LogP contribution in [0.2, 0.25) is 5.15 Å². The van der Waals surface area contributed by atoms with E-state index >= 15 is 0 Å². The molecule has 1 aliphatic carbocycles. The summed E-state index contributed by atoms with van der Waals surface area (Å²) in [6.07, 6.45) is 3.09. The van der Waals surface area contributed by atoms with Crippen molar-refractivity contribution in [2.45, 2.75) is 18.9 Å². The molecule has 1 amide bonds. The zero-order valence-electron chi connectivity index (χ0n) is 8.97. The van der Waals surface area contributed by atoms with Crippen molar-refractivity contribution in [3.05, 3.63) is 29.0 Å². The van der Waals surface area contributed by atoms with E-state index in [0.717, 1.165) is 12.8 Å². The van der Waals surface area contributed by atoms with E-state index < -0.39 is 5.97 Å². The Morgan fingerprint density at radius 1 is 1.47 bits per heavy atom. The van der Waals surface area contributed by atoms with E-state index in [1.54, 1.807) is 6.07 Å². The van der Waals surface area contributed by atoms with Crippen LogP contribution in [0, 0.1) is 0 Å². The Morgan fingerprint density at radius 3 is 2.65 bits per heavy atom. The number of halogens is 1. The number of carbonyl (C=O) groups is 2. The molecule has 1 aliphatic rings. The van der Waals surface area contributed by atoms with Gasteiger partial charge in [0.25, 0.3) is 5.91 Å². The Kier molecular flexibility index (Phi) is 3.28. The van der Waals surface area contributed by atoms with Crippen LogP contribution in [-0.4, -0.2) is 39.5 Å². The highest BCUT2D eigenvalue weighted by Gasteiger charge is 2.34. The molecule has 90 valence electrons. The summed E-state index contributed by atoms with van der Waals surface area (Å²) in [5.41, 5.74) is 0.363. The maximum Gasteiger partial charge on any atom is 0.323 e. The molecule has 0 aromatic carbocycles. The van der Waals surface area contributed by atoms with Crippen LogP contribution in [-0.2, 0) is 4.79 Å². The molecule has 0 atom stereocenters. The molecule has 17 heavy (non-hydrogen) atoms. The second-order valence-electron chi connectivity index (χ2n) is 3.93. The van der Waals surface area contributed by atoms with E-state index in [4.69, 9.17) is 16.7 Å². The van der Waals surface area contributed by atoms with Crippen molar-refractivity contribution in [3.63, 3.8) is 0 Å². The number of aromatic nitrogens is 1. The first-order chi connectivity index (χ1) is 8.08. The normalized spacial score (nSPS) is 14.4. The average molecular weight is 255 g/mol. The van der Waals surface area contributed by atoms with E-state index in [-0.39, 0.29) is 18.5 Å². The maximum atomic E-state index is 12.1. The summed E-state index contributed by atoms with van der Waals surface area (Å²) in [4.78, 5) is 27.9. The first kappa shape index (κ1) is 11.9. The fourth-order valence-corrected chi connectivity index (χ4v) is 1.68. The number of amides is 1. The summed E-state index contributed by atoms with van der Waals surface area (Å²) in [7, 11) is 0. The molecular weight excluding hydrogens is 244 g/mol. The van der Waals surface area contributed by atoms with Gasteiger partial charge in [-0.15, -0.1) is 0 Å². The van der Waals surface area contributed by atoms with Crippen molar-refractivity contribution >= 4 is 23.5 Å². The predicted molar refractivity (Wildman–Crippen MR) is 60.9 cm³/mol. The van der Waals surface area contributed by atoms with Crippen molar-refractivity contribution in [2.75, 3.05) is 6.54 Å². The van der Waals surface area contributed by atoms with Crippen LogP contribution in [0.4, 0.5) is 0 Å². The Hall–Kier alpha value is -1.62. The lowest BCUT2D eigenvalue weighted by Crippen LogP contribution is -2.37. The molecule has 1 aromatic rings. The third-order valence-electron chi connectivity index (χ3n) is 2.53. The average Bonchev–Trinajstić information content (AvgIpc) is 3.09. The molecule has 0 spiro atoms. The van der Waals surface area contributed by atoms with Gasteiger partial charge in [0.2, 0.25) is 0 Å². The van der Waals surface area contributed by atoms with E-state index in [2.05, 4.69) is 4.98 Å². The SMILES string of the molecule is O=C(O)CN(C(=O)c1ccc(Cl)nc1)C1CC1. The number of carboxylic acid groups (broad SMARTS) is 1. The minimum Gasteiger partial charge on any atom is -0.480 e. The second-order valence-corrected chi connectivity index (χ2v) is 4.31. The summed E-state index contributed by atoms with van der Waals surface area (Å²) >= 11 is 5.63. The molecule has 1 fully saturated rings. The van der Waals surface area contributed by atoms with Gasteiger partial charge in [-0.25, -0.2) is 4.98 Å². The van der Waals surface area contributed by atoms with Crippen molar-refractivity contribution in [1.82, 2.24) is 9.88 Å². The number of carboxylic acids is 1. The Morgan fingerprint density at radius 2 is 2.18 bits per heavy atom. The molecule has 0 aliphatic heterocycles. The van der Waals surface area contributed by atoms with E-state index in [9.17, 15) is 9.59 Å². The highest BCUT2D eigenvalue weighted by Crippen LogP contribution is 2.28. The molecule has 0 bridgehead atoms. The lowest BCUT2D eigenvalue weighted by Gasteiger charge is -2.19. The van der Waals surface area contributed by atoms with Gasteiger partial charge in [0, 0.05) is 12.2 Å². The van der Waals surface area contributed by atoms with Crippen LogP contribution in [0.3, 0.4) is 0 Å². The quantitative estimate of drug-likeness (QED) is 0.825. The van der Waals surface area contributed by atoms with E-state index in [1.165, 1.54) is 17.2 Å². The zero-order valence-corrected chi connectivity index (χ0v) is 9.72.